The van der Waals surface area contributed by atoms with Gasteiger partial charge >= 0.3 is 5.97 Å². The van der Waals surface area contributed by atoms with Crippen LogP contribution in [0.2, 0.25) is 0 Å². The Kier molecular flexibility index (Phi) is 1.98. The van der Waals surface area contributed by atoms with Crippen molar-refractivity contribution >= 4 is 5.97 Å². The summed E-state index contributed by atoms with van der Waals surface area (Å²) in [6.07, 6.45) is 3.85. The van der Waals surface area contributed by atoms with E-state index in [-0.39, 0.29) is 17.5 Å². The molecule has 6 rings (SSSR count). The Morgan fingerprint density at radius 1 is 1.43 bits per heavy atom. The summed E-state index contributed by atoms with van der Waals surface area (Å²) in [6, 6.07) is 1.95. The Morgan fingerprint density at radius 2 is 2.24 bits per heavy atom. The number of benzene rings is 1. The molecule has 5 aliphatic rings. The van der Waals surface area contributed by atoms with E-state index in [1.54, 1.807) is 0 Å². The van der Waals surface area contributed by atoms with Crippen molar-refractivity contribution in [2.24, 2.45) is 17.3 Å². The fourth-order valence-corrected chi connectivity index (χ4v) is 5.91. The van der Waals surface area contributed by atoms with Gasteiger partial charge in [-0.3, -0.25) is 4.79 Å². The molecule has 0 radical (unpaired) electrons. The van der Waals surface area contributed by atoms with Gasteiger partial charge in [0.2, 0.25) is 0 Å². The normalized spacial score (nSPS) is 41.9. The van der Waals surface area contributed by atoms with Gasteiger partial charge in [0.15, 0.2) is 0 Å². The number of phenols is 1. The molecule has 1 aromatic carbocycles. The predicted octanol–water partition coefficient (Wildman–Crippen LogP) is 2.85. The molecule has 1 spiro atoms. The number of aromatic hydroxyl groups is 1. The summed E-state index contributed by atoms with van der Waals surface area (Å²) in [5.41, 5.74) is 4.70. The van der Waals surface area contributed by atoms with Gasteiger partial charge < -0.3 is 9.84 Å². The second-order valence-electron chi connectivity index (χ2n) is 7.54. The van der Waals surface area contributed by atoms with E-state index in [4.69, 9.17) is 4.74 Å². The highest BCUT2D eigenvalue weighted by atomic mass is 16.5. The van der Waals surface area contributed by atoms with E-state index < -0.39 is 0 Å². The first-order valence-electron chi connectivity index (χ1n) is 8.09. The molecule has 1 aromatic rings. The Labute approximate surface area is 124 Å². The molecule has 0 amide bonds. The third kappa shape index (κ3) is 1.14. The molecular weight excluding hydrogens is 264 g/mol. The molecular formula is C18H20O3. The number of ether oxygens (including phenoxy) is 1. The first kappa shape index (κ1) is 12.1. The number of esters is 1. The van der Waals surface area contributed by atoms with Crippen LogP contribution in [0.1, 0.15) is 47.9 Å². The molecule has 3 heteroatoms. The van der Waals surface area contributed by atoms with Crippen LogP contribution in [-0.4, -0.2) is 17.2 Å². The number of hydrogen-bond donors (Lipinski definition) is 1. The lowest BCUT2D eigenvalue weighted by atomic mass is 9.50. The van der Waals surface area contributed by atoms with Gasteiger partial charge in [-0.2, -0.15) is 0 Å². The molecule has 110 valence electrons. The van der Waals surface area contributed by atoms with Crippen LogP contribution in [0.3, 0.4) is 0 Å². The summed E-state index contributed by atoms with van der Waals surface area (Å²) >= 11 is 0. The van der Waals surface area contributed by atoms with Crippen molar-refractivity contribution in [3.8, 4) is 5.75 Å². The van der Waals surface area contributed by atoms with Crippen LogP contribution < -0.4 is 0 Å². The van der Waals surface area contributed by atoms with Crippen molar-refractivity contribution in [1.29, 1.82) is 0 Å². The van der Waals surface area contributed by atoms with Crippen molar-refractivity contribution in [2.45, 2.75) is 51.6 Å². The van der Waals surface area contributed by atoms with E-state index in [1.165, 1.54) is 16.7 Å². The minimum absolute atomic E-state index is 0.0525. The van der Waals surface area contributed by atoms with Crippen LogP contribution in [0.15, 0.2) is 6.07 Å². The third-order valence-corrected chi connectivity index (χ3v) is 6.94. The van der Waals surface area contributed by atoms with Gasteiger partial charge in [-0.1, -0.05) is 6.92 Å². The zero-order valence-electron chi connectivity index (χ0n) is 12.5. The molecule has 0 unspecified atom stereocenters. The van der Waals surface area contributed by atoms with Crippen LogP contribution in [0.5, 0.6) is 5.75 Å². The maximum atomic E-state index is 12.7. The number of hydrogen-bond acceptors (Lipinski definition) is 3. The highest BCUT2D eigenvalue weighted by Gasteiger charge is 2.67. The summed E-state index contributed by atoms with van der Waals surface area (Å²) < 4.78 is 5.79. The number of carbonyl (C=O) groups is 1. The molecule has 2 heterocycles. The van der Waals surface area contributed by atoms with E-state index in [0.717, 1.165) is 31.2 Å². The minimum Gasteiger partial charge on any atom is -0.508 e. The first-order valence-corrected chi connectivity index (χ1v) is 8.09. The maximum absolute atomic E-state index is 12.7. The fourth-order valence-electron chi connectivity index (χ4n) is 5.91. The molecule has 5 atom stereocenters. The molecule has 1 saturated carbocycles. The molecule has 21 heavy (non-hydrogen) atoms. The highest BCUT2D eigenvalue weighted by molar-refractivity contribution is 5.83. The predicted molar refractivity (Wildman–Crippen MR) is 77.2 cm³/mol. The van der Waals surface area contributed by atoms with Gasteiger partial charge in [0, 0.05) is 11.8 Å². The smallest absolute Gasteiger partial charge is 0.313 e. The van der Waals surface area contributed by atoms with Crippen LogP contribution in [0, 0.1) is 24.2 Å². The van der Waals surface area contributed by atoms with Crippen molar-refractivity contribution in [2.75, 3.05) is 0 Å². The first-order chi connectivity index (χ1) is 10.0. The van der Waals surface area contributed by atoms with Crippen LogP contribution >= 0.6 is 0 Å². The van der Waals surface area contributed by atoms with Gasteiger partial charge in [-0.05, 0) is 66.8 Å². The molecule has 3 fully saturated rings. The number of carbonyl (C=O) groups excluding carboxylic acids is 1. The monoisotopic (exact) mass is 284 g/mol. The Hall–Kier alpha value is -1.51. The SMILES string of the molecule is Cc1c(O)cc2c3c1C[C@H]1[C@H]4C[C@H](C)[C@](CC2)(C(=O)O4)[C@@H]31. The Morgan fingerprint density at radius 3 is 3.00 bits per heavy atom. The largest absolute Gasteiger partial charge is 0.508 e. The second-order valence-corrected chi connectivity index (χ2v) is 7.54. The second kappa shape index (κ2) is 3.45. The Balaban J connectivity index is 1.82. The van der Waals surface area contributed by atoms with Crippen LogP contribution in [0.4, 0.5) is 0 Å². The Bertz CT molecular complexity index is 692. The van der Waals surface area contributed by atoms with Crippen LogP contribution in [0.25, 0.3) is 0 Å². The average Bonchev–Trinajstić information content (AvgIpc) is 2.86. The van der Waals surface area contributed by atoms with Crippen molar-refractivity contribution < 1.29 is 14.6 Å². The average molecular weight is 284 g/mol. The lowest BCUT2D eigenvalue weighted by Gasteiger charge is -2.57. The molecule has 3 aliphatic carbocycles. The van der Waals surface area contributed by atoms with E-state index in [9.17, 15) is 9.90 Å². The lowest BCUT2D eigenvalue weighted by Crippen LogP contribution is -2.60. The quantitative estimate of drug-likeness (QED) is 0.745. The summed E-state index contributed by atoms with van der Waals surface area (Å²) in [7, 11) is 0. The van der Waals surface area contributed by atoms with E-state index in [1.807, 2.05) is 13.0 Å². The van der Waals surface area contributed by atoms with Gasteiger partial charge in [0.1, 0.15) is 11.9 Å². The van der Waals surface area contributed by atoms with E-state index in [0.29, 0.717) is 23.5 Å². The lowest BCUT2D eigenvalue weighted by molar-refractivity contribution is -0.207. The minimum atomic E-state index is -0.291. The fraction of sp³-hybridized carbons (Fsp3) is 0.611. The number of rotatable bonds is 0. The number of aryl methyl sites for hydroxylation is 1. The zero-order chi connectivity index (χ0) is 14.5. The summed E-state index contributed by atoms with van der Waals surface area (Å²) in [4.78, 5) is 12.7. The molecule has 2 bridgehead atoms. The van der Waals surface area contributed by atoms with E-state index in [2.05, 4.69) is 6.92 Å². The van der Waals surface area contributed by atoms with Crippen molar-refractivity contribution in [3.05, 3.63) is 28.3 Å². The summed E-state index contributed by atoms with van der Waals surface area (Å²) in [5.74, 6) is 1.67. The van der Waals surface area contributed by atoms with Gasteiger partial charge in [-0.25, -0.2) is 0 Å². The third-order valence-electron chi connectivity index (χ3n) is 6.94. The molecule has 0 aromatic heterocycles. The van der Waals surface area contributed by atoms with Gasteiger partial charge in [0.05, 0.1) is 5.41 Å². The van der Waals surface area contributed by atoms with Crippen LogP contribution in [-0.2, 0) is 22.4 Å². The summed E-state index contributed by atoms with van der Waals surface area (Å²) in [5, 5.41) is 10.2. The van der Waals surface area contributed by atoms with Gasteiger partial charge in [-0.15, -0.1) is 0 Å². The van der Waals surface area contributed by atoms with E-state index >= 15 is 0 Å². The maximum Gasteiger partial charge on any atom is 0.313 e. The highest BCUT2D eigenvalue weighted by Crippen LogP contribution is 2.67. The zero-order valence-corrected chi connectivity index (χ0v) is 12.5. The topological polar surface area (TPSA) is 46.5 Å². The summed E-state index contributed by atoms with van der Waals surface area (Å²) in [6.45, 7) is 4.25. The van der Waals surface area contributed by atoms with Crippen molar-refractivity contribution in [3.63, 3.8) is 0 Å². The molecule has 2 saturated heterocycles. The molecule has 2 aliphatic heterocycles. The number of fused-ring (bicyclic) bond motifs is 2. The number of phenolic OH excluding ortho intramolecular Hbond substituents is 1. The molecule has 3 nitrogen and oxygen atoms in total. The standard InChI is InChI=1S/C18H20O3/c1-8-5-14-12-7-11-9(2)13(19)6-10-3-4-18(8,17(20)21-14)16(12)15(10)11/h6,8,12,14,16,19H,3-5,7H2,1-2H3/t8-,12-,14+,16+,18-/m0/s1. The van der Waals surface area contributed by atoms with Crippen molar-refractivity contribution in [1.82, 2.24) is 0 Å². The van der Waals surface area contributed by atoms with Gasteiger partial charge in [0.25, 0.3) is 0 Å². The molecule has 1 N–H and O–H groups in total.